The minimum atomic E-state index is -0.323. The van der Waals surface area contributed by atoms with Crippen molar-refractivity contribution in [1.82, 2.24) is 4.90 Å². The topological polar surface area (TPSA) is 52.6 Å². The molecule has 20 heavy (non-hydrogen) atoms. The molecule has 1 heterocycles. The first-order valence-electron chi connectivity index (χ1n) is 6.96. The maximum atomic E-state index is 13.4. The summed E-state index contributed by atoms with van der Waals surface area (Å²) in [5.74, 6) is -0.471. The number of amides is 1. The second-order valence-corrected chi connectivity index (χ2v) is 5.40. The van der Waals surface area contributed by atoms with Crippen molar-refractivity contribution in [3.63, 3.8) is 0 Å². The lowest BCUT2D eigenvalue weighted by atomic mass is 10.1. The number of anilines is 1. The van der Waals surface area contributed by atoms with Crippen LogP contribution in [0.25, 0.3) is 0 Å². The molecule has 1 fully saturated rings. The minimum absolute atomic E-state index is 0.148. The molecule has 1 amide bonds. The fourth-order valence-corrected chi connectivity index (χ4v) is 2.36. The van der Waals surface area contributed by atoms with Crippen molar-refractivity contribution in [1.29, 1.82) is 0 Å². The van der Waals surface area contributed by atoms with Crippen LogP contribution in [0.5, 0.6) is 0 Å². The van der Waals surface area contributed by atoms with E-state index in [1.807, 2.05) is 11.8 Å². The molecule has 0 aromatic heterocycles. The van der Waals surface area contributed by atoms with Gasteiger partial charge in [0.25, 0.3) is 0 Å². The fraction of sp³-hybridized carbons (Fsp3) is 0.533. The zero-order valence-corrected chi connectivity index (χ0v) is 11.9. The molecule has 2 N–H and O–H groups in total. The van der Waals surface area contributed by atoms with Gasteiger partial charge in [-0.1, -0.05) is 6.07 Å². The Morgan fingerprint density at radius 3 is 2.70 bits per heavy atom. The molecule has 4 nitrogen and oxygen atoms in total. The van der Waals surface area contributed by atoms with Gasteiger partial charge in [0, 0.05) is 18.8 Å². The third kappa shape index (κ3) is 3.55. The molecular weight excluding hydrogens is 259 g/mol. The fourth-order valence-electron chi connectivity index (χ4n) is 2.36. The van der Waals surface area contributed by atoms with Crippen molar-refractivity contribution in [3.05, 3.63) is 29.6 Å². The summed E-state index contributed by atoms with van der Waals surface area (Å²) >= 11 is 0. The van der Waals surface area contributed by atoms with Crippen molar-refractivity contribution in [2.75, 3.05) is 18.4 Å². The molecule has 0 saturated carbocycles. The number of benzene rings is 1. The minimum Gasteiger partial charge on any atom is -0.393 e. The smallest absolute Gasteiger partial charge is 0.241 e. The Hall–Kier alpha value is -1.46. The average Bonchev–Trinajstić information content (AvgIpc) is 2.43. The number of halogens is 1. The molecule has 0 bridgehead atoms. The summed E-state index contributed by atoms with van der Waals surface area (Å²) in [6.07, 6.45) is 1.13. The number of rotatable bonds is 3. The van der Waals surface area contributed by atoms with Gasteiger partial charge in [-0.25, -0.2) is 4.39 Å². The number of likely N-dealkylation sites (tertiary alicyclic amines) is 1. The summed E-state index contributed by atoms with van der Waals surface area (Å²) < 4.78 is 13.4. The van der Waals surface area contributed by atoms with Gasteiger partial charge in [-0.3, -0.25) is 9.69 Å². The van der Waals surface area contributed by atoms with Gasteiger partial charge in [0.2, 0.25) is 5.91 Å². The molecule has 0 spiro atoms. The van der Waals surface area contributed by atoms with E-state index in [0.717, 1.165) is 0 Å². The summed E-state index contributed by atoms with van der Waals surface area (Å²) in [5.41, 5.74) is 1.03. The van der Waals surface area contributed by atoms with Crippen LogP contribution in [-0.4, -0.2) is 41.1 Å². The predicted molar refractivity (Wildman–Crippen MR) is 76.0 cm³/mol. The molecule has 1 saturated heterocycles. The molecule has 0 unspecified atom stereocenters. The highest BCUT2D eigenvalue weighted by Crippen LogP contribution is 2.16. The van der Waals surface area contributed by atoms with E-state index in [1.54, 1.807) is 19.1 Å². The molecule has 1 aliphatic rings. The number of aryl methyl sites for hydroxylation is 1. The number of piperidine rings is 1. The van der Waals surface area contributed by atoms with Crippen LogP contribution < -0.4 is 5.32 Å². The van der Waals surface area contributed by atoms with Gasteiger partial charge >= 0.3 is 0 Å². The quantitative estimate of drug-likeness (QED) is 0.889. The van der Waals surface area contributed by atoms with Gasteiger partial charge < -0.3 is 10.4 Å². The van der Waals surface area contributed by atoms with Crippen LogP contribution in [0.1, 0.15) is 25.3 Å². The molecule has 110 valence electrons. The molecule has 1 aromatic rings. The Labute approximate surface area is 118 Å². The van der Waals surface area contributed by atoms with Gasteiger partial charge in [0.1, 0.15) is 5.82 Å². The number of carbonyl (C=O) groups excluding carboxylic acids is 1. The summed E-state index contributed by atoms with van der Waals surface area (Å²) in [4.78, 5) is 14.2. The molecule has 0 aliphatic carbocycles. The third-order valence-corrected chi connectivity index (χ3v) is 3.87. The molecule has 5 heteroatoms. The summed E-state index contributed by atoms with van der Waals surface area (Å²) in [5, 5.41) is 12.2. The standard InChI is InChI=1S/C15H21FN2O2/c1-10-3-4-12(9-14(10)16)17-15(20)11(2)18-7-5-13(19)6-8-18/h3-4,9,11,13,19H,5-8H2,1-2H3,(H,17,20)/t11-/m0/s1. The summed E-state index contributed by atoms with van der Waals surface area (Å²) in [6.45, 7) is 4.93. The van der Waals surface area contributed by atoms with E-state index < -0.39 is 0 Å². The van der Waals surface area contributed by atoms with Crippen LogP contribution in [0.2, 0.25) is 0 Å². The van der Waals surface area contributed by atoms with Crippen molar-refractivity contribution < 1.29 is 14.3 Å². The number of nitrogens with zero attached hydrogens (tertiary/aromatic N) is 1. The normalized spacial score (nSPS) is 18.8. The van der Waals surface area contributed by atoms with Crippen LogP contribution in [0.15, 0.2) is 18.2 Å². The van der Waals surface area contributed by atoms with E-state index in [1.165, 1.54) is 6.07 Å². The van der Waals surface area contributed by atoms with Gasteiger partial charge in [0.15, 0.2) is 0 Å². The lowest BCUT2D eigenvalue weighted by molar-refractivity contribution is -0.121. The van der Waals surface area contributed by atoms with Gasteiger partial charge in [-0.2, -0.15) is 0 Å². The van der Waals surface area contributed by atoms with E-state index >= 15 is 0 Å². The predicted octanol–water partition coefficient (Wildman–Crippen LogP) is 1.92. The molecular formula is C15H21FN2O2. The lowest BCUT2D eigenvalue weighted by Crippen LogP contribution is -2.47. The first-order valence-corrected chi connectivity index (χ1v) is 6.96. The Kier molecular flexibility index (Phi) is 4.73. The lowest BCUT2D eigenvalue weighted by Gasteiger charge is -2.33. The third-order valence-electron chi connectivity index (χ3n) is 3.87. The second kappa shape index (κ2) is 6.33. The van der Waals surface area contributed by atoms with Crippen molar-refractivity contribution in [3.8, 4) is 0 Å². The number of nitrogens with one attached hydrogen (secondary N) is 1. The SMILES string of the molecule is Cc1ccc(NC(=O)[C@H](C)N2CCC(O)CC2)cc1F. The maximum Gasteiger partial charge on any atom is 0.241 e. The van der Waals surface area contributed by atoms with Crippen LogP contribution in [-0.2, 0) is 4.79 Å². The van der Waals surface area contributed by atoms with Gasteiger partial charge in [-0.05, 0) is 44.4 Å². The molecule has 1 aromatic carbocycles. The molecule has 0 radical (unpaired) electrons. The van der Waals surface area contributed by atoms with E-state index in [4.69, 9.17) is 0 Å². The number of hydrogen-bond donors (Lipinski definition) is 2. The van der Waals surface area contributed by atoms with Crippen LogP contribution >= 0.6 is 0 Å². The number of hydrogen-bond acceptors (Lipinski definition) is 3. The van der Waals surface area contributed by atoms with E-state index in [-0.39, 0.29) is 23.9 Å². The zero-order chi connectivity index (χ0) is 14.7. The number of aliphatic hydroxyl groups excluding tert-OH is 1. The van der Waals surface area contributed by atoms with Crippen LogP contribution in [0.3, 0.4) is 0 Å². The highest BCUT2D eigenvalue weighted by molar-refractivity contribution is 5.94. The Balaban J connectivity index is 1.95. The van der Waals surface area contributed by atoms with Crippen molar-refractivity contribution >= 4 is 11.6 Å². The monoisotopic (exact) mass is 280 g/mol. The van der Waals surface area contributed by atoms with Crippen molar-refractivity contribution in [2.45, 2.75) is 38.8 Å². The first kappa shape index (κ1) is 14.9. The maximum absolute atomic E-state index is 13.4. The van der Waals surface area contributed by atoms with Crippen molar-refractivity contribution in [2.24, 2.45) is 0 Å². The Bertz CT molecular complexity index is 485. The first-order chi connectivity index (χ1) is 9.47. The number of carbonyl (C=O) groups is 1. The Morgan fingerprint density at radius 1 is 1.45 bits per heavy atom. The molecule has 1 aliphatic heterocycles. The highest BCUT2D eigenvalue weighted by atomic mass is 19.1. The van der Waals surface area contributed by atoms with Gasteiger partial charge in [-0.15, -0.1) is 0 Å². The number of aliphatic hydroxyl groups is 1. The summed E-state index contributed by atoms with van der Waals surface area (Å²) in [7, 11) is 0. The second-order valence-electron chi connectivity index (χ2n) is 5.40. The highest BCUT2D eigenvalue weighted by Gasteiger charge is 2.25. The molecule has 2 rings (SSSR count). The Morgan fingerprint density at radius 2 is 2.10 bits per heavy atom. The van der Waals surface area contributed by atoms with Crippen LogP contribution in [0, 0.1) is 12.7 Å². The average molecular weight is 280 g/mol. The van der Waals surface area contributed by atoms with E-state index in [2.05, 4.69) is 5.32 Å². The van der Waals surface area contributed by atoms with E-state index in [0.29, 0.717) is 37.2 Å². The largest absolute Gasteiger partial charge is 0.393 e. The summed E-state index contributed by atoms with van der Waals surface area (Å²) in [6, 6.07) is 4.39. The van der Waals surface area contributed by atoms with Gasteiger partial charge in [0.05, 0.1) is 12.1 Å². The zero-order valence-electron chi connectivity index (χ0n) is 11.9. The van der Waals surface area contributed by atoms with E-state index in [9.17, 15) is 14.3 Å². The molecule has 1 atom stereocenters. The van der Waals surface area contributed by atoms with Crippen LogP contribution in [0.4, 0.5) is 10.1 Å².